The molecule has 1 aromatic carbocycles. The van der Waals surface area contributed by atoms with E-state index in [4.69, 9.17) is 6.42 Å². The summed E-state index contributed by atoms with van der Waals surface area (Å²) in [4.78, 5) is 1.40. The zero-order valence-electron chi connectivity index (χ0n) is 8.63. The molecule has 0 bridgehead atoms. The first-order chi connectivity index (χ1) is 6.61. The van der Waals surface area contributed by atoms with Crippen molar-refractivity contribution >= 4 is 11.8 Å². The Morgan fingerprint density at radius 1 is 1.43 bits per heavy atom. The predicted octanol–water partition coefficient (Wildman–Crippen LogP) is 3.48. The Morgan fingerprint density at radius 3 is 2.93 bits per heavy atom. The zero-order chi connectivity index (χ0) is 10.2. The van der Waals surface area contributed by atoms with Gasteiger partial charge in [0.2, 0.25) is 0 Å². The minimum atomic E-state index is 0.380. The lowest BCUT2D eigenvalue weighted by Gasteiger charge is -2.30. The van der Waals surface area contributed by atoms with Gasteiger partial charge in [0, 0.05) is 15.2 Å². The lowest BCUT2D eigenvalue weighted by molar-refractivity contribution is 0.621. The van der Waals surface area contributed by atoms with Gasteiger partial charge in [-0.2, -0.15) is 0 Å². The lowest BCUT2D eigenvalue weighted by Crippen LogP contribution is -2.20. The van der Waals surface area contributed by atoms with E-state index in [-0.39, 0.29) is 0 Å². The van der Waals surface area contributed by atoms with Crippen LogP contribution in [-0.2, 0) is 6.42 Å². The maximum atomic E-state index is 5.38. The molecule has 1 heterocycles. The highest BCUT2D eigenvalue weighted by atomic mass is 32.2. The summed E-state index contributed by atoms with van der Waals surface area (Å²) in [5.41, 5.74) is 2.42. The van der Waals surface area contributed by atoms with Crippen molar-refractivity contribution in [1.82, 2.24) is 0 Å². The van der Waals surface area contributed by atoms with Gasteiger partial charge in [-0.3, -0.25) is 0 Å². The topological polar surface area (TPSA) is 0 Å². The summed E-state index contributed by atoms with van der Waals surface area (Å²) in [7, 11) is 0. The van der Waals surface area contributed by atoms with Crippen LogP contribution >= 0.6 is 11.8 Å². The normalized spacial score (nSPS) is 18.4. The lowest BCUT2D eigenvalue weighted by atomic mass is 9.99. The highest BCUT2D eigenvalue weighted by Crippen LogP contribution is 2.42. The first kappa shape index (κ1) is 9.68. The minimum absolute atomic E-state index is 0.380. The van der Waals surface area contributed by atoms with Crippen molar-refractivity contribution in [2.45, 2.75) is 36.3 Å². The van der Waals surface area contributed by atoms with E-state index in [2.05, 4.69) is 31.9 Å². The van der Waals surface area contributed by atoms with Gasteiger partial charge in [0.05, 0.1) is 0 Å². The van der Waals surface area contributed by atoms with Gasteiger partial charge in [0.15, 0.2) is 0 Å². The number of benzene rings is 1. The summed E-state index contributed by atoms with van der Waals surface area (Å²) in [5.74, 6) is 2.69. The van der Waals surface area contributed by atoms with Crippen LogP contribution < -0.4 is 0 Å². The molecule has 0 saturated heterocycles. The Morgan fingerprint density at radius 2 is 2.21 bits per heavy atom. The SMILES string of the molecule is C#Cc1ccc2c(c1)CCC(C)(C)S2. The van der Waals surface area contributed by atoms with E-state index in [0.717, 1.165) is 12.0 Å². The van der Waals surface area contributed by atoms with Gasteiger partial charge in [-0.1, -0.05) is 19.8 Å². The van der Waals surface area contributed by atoms with Crippen LogP contribution in [0.1, 0.15) is 31.4 Å². The molecule has 0 aromatic heterocycles. The van der Waals surface area contributed by atoms with Gasteiger partial charge < -0.3 is 0 Å². The fraction of sp³-hybridized carbons (Fsp3) is 0.385. The molecule has 0 amide bonds. The van der Waals surface area contributed by atoms with Crippen molar-refractivity contribution in [3.63, 3.8) is 0 Å². The van der Waals surface area contributed by atoms with Crippen LogP contribution in [-0.4, -0.2) is 4.75 Å². The predicted molar refractivity (Wildman–Crippen MR) is 62.6 cm³/mol. The molecule has 0 spiro atoms. The van der Waals surface area contributed by atoms with E-state index in [1.807, 2.05) is 17.8 Å². The number of aryl methyl sites for hydroxylation is 1. The number of terminal acetylenes is 1. The average Bonchev–Trinajstić information content (AvgIpc) is 2.16. The average molecular weight is 202 g/mol. The van der Waals surface area contributed by atoms with Crippen molar-refractivity contribution in [3.8, 4) is 12.3 Å². The van der Waals surface area contributed by atoms with Crippen molar-refractivity contribution < 1.29 is 0 Å². The van der Waals surface area contributed by atoms with E-state index < -0.39 is 0 Å². The molecular weight excluding hydrogens is 188 g/mol. The second-order valence-corrected chi connectivity index (χ2v) is 6.08. The molecule has 1 heteroatoms. The van der Waals surface area contributed by atoms with Gasteiger partial charge in [-0.05, 0) is 36.6 Å². The molecule has 0 nitrogen and oxygen atoms in total. The Kier molecular flexibility index (Phi) is 2.33. The monoisotopic (exact) mass is 202 g/mol. The highest BCUT2D eigenvalue weighted by molar-refractivity contribution is 8.00. The molecule has 14 heavy (non-hydrogen) atoms. The molecule has 0 atom stereocenters. The molecule has 1 aliphatic heterocycles. The molecule has 0 radical (unpaired) electrons. The van der Waals surface area contributed by atoms with Crippen molar-refractivity contribution in [2.24, 2.45) is 0 Å². The van der Waals surface area contributed by atoms with Crippen LogP contribution in [0.3, 0.4) is 0 Å². The van der Waals surface area contributed by atoms with Gasteiger partial charge in [0.25, 0.3) is 0 Å². The third-order valence-corrected chi connectivity index (χ3v) is 3.98. The van der Waals surface area contributed by atoms with Gasteiger partial charge in [-0.25, -0.2) is 0 Å². The molecule has 0 N–H and O–H groups in total. The number of hydrogen-bond acceptors (Lipinski definition) is 1. The summed E-state index contributed by atoms with van der Waals surface area (Å²) in [5, 5.41) is 0. The number of thioether (sulfide) groups is 1. The Labute approximate surface area is 90.1 Å². The highest BCUT2D eigenvalue weighted by Gasteiger charge is 2.25. The second kappa shape index (κ2) is 3.37. The van der Waals surface area contributed by atoms with Crippen LogP contribution in [0.4, 0.5) is 0 Å². The molecule has 0 aliphatic carbocycles. The van der Waals surface area contributed by atoms with Crippen LogP contribution in [0, 0.1) is 12.3 Å². The van der Waals surface area contributed by atoms with Crippen LogP contribution in [0.2, 0.25) is 0 Å². The molecule has 2 rings (SSSR count). The summed E-state index contributed by atoms with van der Waals surface area (Å²) in [6.07, 6.45) is 7.77. The molecule has 0 fully saturated rings. The third-order valence-electron chi connectivity index (χ3n) is 2.61. The van der Waals surface area contributed by atoms with Crippen molar-refractivity contribution in [3.05, 3.63) is 29.3 Å². The zero-order valence-corrected chi connectivity index (χ0v) is 9.45. The van der Waals surface area contributed by atoms with Crippen LogP contribution in [0.15, 0.2) is 23.1 Å². The number of fused-ring (bicyclic) bond motifs is 1. The molecule has 0 unspecified atom stereocenters. The molecule has 1 aliphatic rings. The quantitative estimate of drug-likeness (QED) is 0.580. The maximum absolute atomic E-state index is 5.38. The smallest absolute Gasteiger partial charge is 0.0246 e. The molecule has 0 saturated carbocycles. The first-order valence-electron chi connectivity index (χ1n) is 4.89. The fourth-order valence-corrected chi connectivity index (χ4v) is 2.98. The summed E-state index contributed by atoms with van der Waals surface area (Å²) < 4.78 is 0.380. The van der Waals surface area contributed by atoms with Crippen LogP contribution in [0.25, 0.3) is 0 Å². The fourth-order valence-electron chi connectivity index (χ4n) is 1.75. The van der Waals surface area contributed by atoms with E-state index >= 15 is 0 Å². The first-order valence-corrected chi connectivity index (χ1v) is 5.71. The molecular formula is C13H14S. The second-order valence-electron chi connectivity index (χ2n) is 4.33. The maximum Gasteiger partial charge on any atom is 0.0246 e. The summed E-state index contributed by atoms with van der Waals surface area (Å²) in [6.45, 7) is 4.60. The molecule has 72 valence electrons. The van der Waals surface area contributed by atoms with Gasteiger partial charge >= 0.3 is 0 Å². The number of hydrogen-bond donors (Lipinski definition) is 0. The molecule has 1 aromatic rings. The van der Waals surface area contributed by atoms with E-state index in [1.54, 1.807) is 0 Å². The third kappa shape index (κ3) is 1.81. The van der Waals surface area contributed by atoms with Crippen molar-refractivity contribution in [1.29, 1.82) is 0 Å². The van der Waals surface area contributed by atoms with E-state index in [9.17, 15) is 0 Å². The summed E-state index contributed by atoms with van der Waals surface area (Å²) >= 11 is 1.96. The van der Waals surface area contributed by atoms with E-state index in [0.29, 0.717) is 4.75 Å². The van der Waals surface area contributed by atoms with Crippen molar-refractivity contribution in [2.75, 3.05) is 0 Å². The summed E-state index contributed by atoms with van der Waals surface area (Å²) in [6, 6.07) is 6.35. The largest absolute Gasteiger partial charge is 0.120 e. The minimum Gasteiger partial charge on any atom is -0.120 e. The van der Waals surface area contributed by atoms with Crippen LogP contribution in [0.5, 0.6) is 0 Å². The van der Waals surface area contributed by atoms with Gasteiger partial charge in [0.1, 0.15) is 0 Å². The van der Waals surface area contributed by atoms with E-state index in [1.165, 1.54) is 16.9 Å². The Balaban J connectivity index is 2.38. The standard InChI is InChI=1S/C13H14S/c1-4-10-5-6-12-11(9-10)7-8-13(2,3)14-12/h1,5-6,9H,7-8H2,2-3H3. The van der Waals surface area contributed by atoms with Gasteiger partial charge in [-0.15, -0.1) is 18.2 Å². The number of rotatable bonds is 0. The Bertz CT molecular complexity index is 396. The Hall–Kier alpha value is -0.870.